The van der Waals surface area contributed by atoms with Crippen LogP contribution >= 0.6 is 0 Å². The van der Waals surface area contributed by atoms with Crippen molar-refractivity contribution in [3.05, 3.63) is 35.3 Å². The first-order valence-corrected chi connectivity index (χ1v) is 6.61. The van der Waals surface area contributed by atoms with Crippen LogP contribution in [0, 0.1) is 0 Å². The van der Waals surface area contributed by atoms with E-state index in [0.717, 1.165) is 25.7 Å². The number of allylic oxidation sites excluding steroid dienone is 3. The van der Waals surface area contributed by atoms with Crippen LogP contribution in [0.5, 0.6) is 0 Å². The highest BCUT2D eigenvalue weighted by Crippen LogP contribution is 2.28. The summed E-state index contributed by atoms with van der Waals surface area (Å²) in [5, 5.41) is 0. The van der Waals surface area contributed by atoms with Crippen LogP contribution in [0.15, 0.2) is 35.3 Å². The number of hydrogen-bond donors (Lipinski definition) is 0. The summed E-state index contributed by atoms with van der Waals surface area (Å²) in [6.45, 7) is 2.14. The van der Waals surface area contributed by atoms with Gasteiger partial charge in [0.25, 0.3) is 0 Å². The number of Topliss-reactive ketones (excluding diaryl/α,β-unsaturated/α-hetero) is 1. The summed E-state index contributed by atoms with van der Waals surface area (Å²) in [7, 11) is 1.38. The van der Waals surface area contributed by atoms with Gasteiger partial charge in [0.2, 0.25) is 11.6 Å². The van der Waals surface area contributed by atoms with Crippen molar-refractivity contribution < 1.29 is 19.1 Å². The summed E-state index contributed by atoms with van der Waals surface area (Å²) >= 11 is 0. The summed E-state index contributed by atoms with van der Waals surface area (Å²) in [5.74, 6) is -0.354. The Hall–Kier alpha value is -1.84. The van der Waals surface area contributed by atoms with E-state index in [-0.39, 0.29) is 29.2 Å². The monoisotopic (exact) mass is 262 g/mol. The van der Waals surface area contributed by atoms with Gasteiger partial charge in [-0.15, -0.1) is 0 Å². The van der Waals surface area contributed by atoms with Crippen molar-refractivity contribution in [3.8, 4) is 0 Å². The first-order valence-electron chi connectivity index (χ1n) is 6.61. The van der Waals surface area contributed by atoms with E-state index in [4.69, 9.17) is 9.47 Å². The van der Waals surface area contributed by atoms with E-state index in [1.807, 2.05) is 6.08 Å². The fraction of sp³-hybridized carbons (Fsp3) is 0.467. The molecule has 0 radical (unpaired) electrons. The molecule has 1 unspecified atom stereocenters. The zero-order chi connectivity index (χ0) is 13.8. The maximum absolute atomic E-state index is 12.0. The van der Waals surface area contributed by atoms with Crippen LogP contribution in [-0.2, 0) is 19.1 Å². The molecule has 0 aromatic heterocycles. The molecule has 4 nitrogen and oxygen atoms in total. The lowest BCUT2D eigenvalue weighted by molar-refractivity contribution is -0.120. The van der Waals surface area contributed by atoms with Crippen LogP contribution in [-0.4, -0.2) is 24.8 Å². The van der Waals surface area contributed by atoms with Gasteiger partial charge in [0.1, 0.15) is 6.10 Å². The Morgan fingerprint density at radius 1 is 1.32 bits per heavy atom. The quantitative estimate of drug-likeness (QED) is 0.564. The lowest BCUT2D eigenvalue weighted by Crippen LogP contribution is -2.26. The van der Waals surface area contributed by atoms with Crippen molar-refractivity contribution in [1.29, 1.82) is 0 Å². The van der Waals surface area contributed by atoms with E-state index < -0.39 is 0 Å². The lowest BCUT2D eigenvalue weighted by Gasteiger charge is -2.24. The molecule has 19 heavy (non-hydrogen) atoms. The molecule has 102 valence electrons. The molecule has 0 bridgehead atoms. The molecule has 2 rings (SSSR count). The molecule has 0 aromatic rings. The number of carbonyl (C=O) groups is 2. The first-order chi connectivity index (χ1) is 9.17. The van der Waals surface area contributed by atoms with E-state index in [9.17, 15) is 9.59 Å². The summed E-state index contributed by atoms with van der Waals surface area (Å²) in [4.78, 5) is 23.9. The second kappa shape index (κ2) is 5.87. The van der Waals surface area contributed by atoms with Crippen molar-refractivity contribution in [2.24, 2.45) is 0 Å². The van der Waals surface area contributed by atoms with Gasteiger partial charge in [-0.1, -0.05) is 19.8 Å². The maximum atomic E-state index is 12.0. The first kappa shape index (κ1) is 13.6. The maximum Gasteiger partial charge on any atom is 0.231 e. The van der Waals surface area contributed by atoms with E-state index in [0.29, 0.717) is 5.57 Å². The molecule has 0 saturated heterocycles. The molecule has 0 aromatic carbocycles. The van der Waals surface area contributed by atoms with Crippen LogP contribution in [0.1, 0.15) is 32.6 Å². The number of rotatable bonds is 5. The highest BCUT2D eigenvalue weighted by atomic mass is 16.5. The van der Waals surface area contributed by atoms with Crippen molar-refractivity contribution >= 4 is 11.6 Å². The van der Waals surface area contributed by atoms with Gasteiger partial charge < -0.3 is 9.47 Å². The highest BCUT2D eigenvalue weighted by molar-refractivity contribution is 6.22. The molecule has 1 aliphatic heterocycles. The molecular weight excluding hydrogens is 244 g/mol. The van der Waals surface area contributed by atoms with E-state index in [1.165, 1.54) is 13.2 Å². The molecular formula is C15H18O4. The molecule has 2 aliphatic rings. The van der Waals surface area contributed by atoms with Gasteiger partial charge in [0.15, 0.2) is 11.5 Å². The highest BCUT2D eigenvalue weighted by Gasteiger charge is 2.32. The molecule has 1 atom stereocenters. The van der Waals surface area contributed by atoms with Crippen molar-refractivity contribution in [2.75, 3.05) is 7.11 Å². The third kappa shape index (κ3) is 2.78. The Morgan fingerprint density at radius 3 is 2.79 bits per heavy atom. The number of methoxy groups -OCH3 is 1. The van der Waals surface area contributed by atoms with Crippen LogP contribution in [0.25, 0.3) is 0 Å². The van der Waals surface area contributed by atoms with Gasteiger partial charge in [0, 0.05) is 6.08 Å². The fourth-order valence-corrected chi connectivity index (χ4v) is 2.19. The summed E-state index contributed by atoms with van der Waals surface area (Å²) < 4.78 is 10.5. The Bertz CT molecular complexity index is 482. The normalized spacial score (nSPS) is 22.0. The topological polar surface area (TPSA) is 52.6 Å². The van der Waals surface area contributed by atoms with Crippen LogP contribution < -0.4 is 0 Å². The van der Waals surface area contributed by atoms with Gasteiger partial charge in [-0.05, 0) is 25.0 Å². The standard InChI is InChI=1S/C15H18O4/c1-3-4-5-6-10-7-8-11-14(17)13(18-2)9-12(16)15(11)19-10/h7-10H,3-6H2,1-2H3. The van der Waals surface area contributed by atoms with E-state index >= 15 is 0 Å². The van der Waals surface area contributed by atoms with Crippen molar-refractivity contribution in [3.63, 3.8) is 0 Å². The molecule has 4 heteroatoms. The molecule has 1 aliphatic carbocycles. The molecule has 0 N–H and O–H groups in total. The predicted octanol–water partition coefficient (Wildman–Crippen LogP) is 2.46. The number of hydrogen-bond acceptors (Lipinski definition) is 4. The molecule has 0 saturated carbocycles. The van der Waals surface area contributed by atoms with E-state index in [2.05, 4.69) is 6.92 Å². The number of carbonyl (C=O) groups excluding carboxylic acids is 2. The molecule has 0 spiro atoms. The average molecular weight is 262 g/mol. The molecule has 0 fully saturated rings. The van der Waals surface area contributed by atoms with Crippen molar-refractivity contribution in [2.45, 2.75) is 38.7 Å². The Balaban J connectivity index is 2.09. The van der Waals surface area contributed by atoms with Gasteiger partial charge in [-0.3, -0.25) is 9.59 Å². The number of ether oxygens (including phenoxy) is 2. The largest absolute Gasteiger partial charge is 0.492 e. The second-order valence-electron chi connectivity index (χ2n) is 4.66. The van der Waals surface area contributed by atoms with Crippen LogP contribution in [0.2, 0.25) is 0 Å². The van der Waals surface area contributed by atoms with Gasteiger partial charge in [-0.25, -0.2) is 0 Å². The molecule has 1 heterocycles. The molecule has 0 amide bonds. The SMILES string of the molecule is CCCCCC1C=CC2=C(O1)C(=O)C=C(OC)C2=O. The zero-order valence-corrected chi connectivity index (χ0v) is 11.3. The summed E-state index contributed by atoms with van der Waals surface area (Å²) in [6, 6.07) is 0. The smallest absolute Gasteiger partial charge is 0.231 e. The minimum atomic E-state index is -0.295. The Morgan fingerprint density at radius 2 is 2.11 bits per heavy atom. The second-order valence-corrected chi connectivity index (χ2v) is 4.66. The Labute approximate surface area is 112 Å². The van der Waals surface area contributed by atoms with Gasteiger partial charge in [0.05, 0.1) is 12.7 Å². The van der Waals surface area contributed by atoms with Gasteiger partial charge in [-0.2, -0.15) is 0 Å². The minimum Gasteiger partial charge on any atom is -0.492 e. The number of ketones is 2. The fourth-order valence-electron chi connectivity index (χ4n) is 2.19. The number of unbranched alkanes of at least 4 members (excludes halogenated alkanes) is 2. The van der Waals surface area contributed by atoms with Crippen LogP contribution in [0.3, 0.4) is 0 Å². The summed E-state index contributed by atoms with van der Waals surface area (Å²) in [6.07, 6.45) is 8.81. The Kier molecular flexibility index (Phi) is 4.20. The third-order valence-corrected chi connectivity index (χ3v) is 3.26. The third-order valence-electron chi connectivity index (χ3n) is 3.26. The lowest BCUT2D eigenvalue weighted by atomic mass is 9.96. The van der Waals surface area contributed by atoms with Gasteiger partial charge >= 0.3 is 0 Å². The zero-order valence-electron chi connectivity index (χ0n) is 11.3. The average Bonchev–Trinajstić information content (AvgIpc) is 2.43. The summed E-state index contributed by atoms with van der Waals surface area (Å²) in [5.41, 5.74) is 0.302. The van der Waals surface area contributed by atoms with Crippen LogP contribution in [0.4, 0.5) is 0 Å². The van der Waals surface area contributed by atoms with E-state index in [1.54, 1.807) is 6.08 Å². The predicted molar refractivity (Wildman–Crippen MR) is 70.3 cm³/mol. The van der Waals surface area contributed by atoms with Crippen molar-refractivity contribution in [1.82, 2.24) is 0 Å². The minimum absolute atomic E-state index is 0.0708.